The molecule has 2 aromatic heterocycles. The van der Waals surface area contributed by atoms with Crippen LogP contribution >= 0.6 is 11.3 Å². The molecule has 0 aliphatic heterocycles. The number of benzene rings is 1. The maximum atomic E-state index is 4.44. The first-order chi connectivity index (χ1) is 10.4. The van der Waals surface area contributed by atoms with E-state index in [0.717, 1.165) is 34.5 Å². The summed E-state index contributed by atoms with van der Waals surface area (Å²) in [5, 5.41) is 13.5. The van der Waals surface area contributed by atoms with Crippen LogP contribution < -0.4 is 5.32 Å². The number of aromatic nitrogens is 4. The molecule has 21 heavy (non-hydrogen) atoms. The minimum atomic E-state index is 0.690. The van der Waals surface area contributed by atoms with Crippen LogP contribution in [0.2, 0.25) is 0 Å². The number of hydrogen-bond acceptors (Lipinski definition) is 5. The number of rotatable bonds is 6. The highest BCUT2D eigenvalue weighted by Crippen LogP contribution is 2.21. The molecule has 0 aliphatic carbocycles. The van der Waals surface area contributed by atoms with E-state index in [0.29, 0.717) is 6.54 Å². The van der Waals surface area contributed by atoms with Crippen molar-refractivity contribution in [2.45, 2.75) is 19.9 Å². The fraction of sp³-hybridized carbons (Fsp3) is 0.267. The molecular formula is C15H17N5S. The second kappa shape index (κ2) is 6.49. The van der Waals surface area contributed by atoms with Gasteiger partial charge in [0, 0.05) is 24.5 Å². The predicted octanol–water partition coefficient (Wildman–Crippen LogP) is 3.27. The van der Waals surface area contributed by atoms with Crippen molar-refractivity contribution in [3.05, 3.63) is 47.7 Å². The topological polar surface area (TPSA) is 55.6 Å². The smallest absolute Gasteiger partial charge is 0.205 e. The van der Waals surface area contributed by atoms with E-state index in [-0.39, 0.29) is 0 Å². The summed E-state index contributed by atoms with van der Waals surface area (Å²) in [4.78, 5) is 4.44. The molecule has 0 atom stereocenters. The van der Waals surface area contributed by atoms with Crippen molar-refractivity contribution in [1.82, 2.24) is 19.7 Å². The first-order valence-electron chi connectivity index (χ1n) is 6.99. The van der Waals surface area contributed by atoms with E-state index >= 15 is 0 Å². The number of anilines is 1. The van der Waals surface area contributed by atoms with Crippen LogP contribution in [0.4, 0.5) is 5.13 Å². The Kier molecular flexibility index (Phi) is 4.25. The summed E-state index contributed by atoms with van der Waals surface area (Å²) in [5.41, 5.74) is 1.11. The Morgan fingerprint density at radius 3 is 2.86 bits per heavy atom. The van der Waals surface area contributed by atoms with Crippen molar-refractivity contribution in [1.29, 1.82) is 0 Å². The molecule has 3 rings (SSSR count). The lowest BCUT2D eigenvalue weighted by Crippen LogP contribution is -2.00. The molecule has 108 valence electrons. The first kappa shape index (κ1) is 13.8. The van der Waals surface area contributed by atoms with Crippen molar-refractivity contribution in [2.75, 3.05) is 11.9 Å². The van der Waals surface area contributed by atoms with E-state index in [9.17, 15) is 0 Å². The van der Waals surface area contributed by atoms with Crippen LogP contribution in [0.25, 0.3) is 11.4 Å². The van der Waals surface area contributed by atoms with Gasteiger partial charge in [0.05, 0.1) is 6.54 Å². The molecule has 0 bridgehead atoms. The van der Waals surface area contributed by atoms with Gasteiger partial charge in [-0.2, -0.15) is 0 Å². The first-order valence-corrected chi connectivity index (χ1v) is 7.81. The summed E-state index contributed by atoms with van der Waals surface area (Å²) in [7, 11) is 0. The maximum Gasteiger partial charge on any atom is 0.205 e. The third kappa shape index (κ3) is 3.28. The van der Waals surface area contributed by atoms with Gasteiger partial charge in [0.15, 0.2) is 0 Å². The molecule has 0 aliphatic rings. The van der Waals surface area contributed by atoms with Crippen molar-refractivity contribution in [2.24, 2.45) is 0 Å². The lowest BCUT2D eigenvalue weighted by molar-refractivity contribution is 0.785. The SMILES string of the molecule is CCCNc1nnc(Cn2ccnc2-c2ccccc2)s1. The fourth-order valence-electron chi connectivity index (χ4n) is 2.05. The monoisotopic (exact) mass is 299 g/mol. The van der Waals surface area contributed by atoms with Gasteiger partial charge in [-0.25, -0.2) is 4.98 Å². The van der Waals surface area contributed by atoms with Crippen LogP contribution in [-0.2, 0) is 6.54 Å². The van der Waals surface area contributed by atoms with E-state index in [1.54, 1.807) is 11.3 Å². The highest BCUT2D eigenvalue weighted by molar-refractivity contribution is 7.15. The molecule has 0 amide bonds. The molecular weight excluding hydrogens is 282 g/mol. The number of nitrogens with one attached hydrogen (secondary N) is 1. The zero-order chi connectivity index (χ0) is 14.5. The zero-order valence-electron chi connectivity index (χ0n) is 11.9. The average molecular weight is 299 g/mol. The standard InChI is InChI=1S/C15H17N5S/c1-2-8-17-15-19-18-13(21-15)11-20-10-9-16-14(20)12-6-4-3-5-7-12/h3-7,9-10H,2,8,11H2,1H3,(H,17,19). The van der Waals surface area contributed by atoms with Crippen molar-refractivity contribution >= 4 is 16.5 Å². The van der Waals surface area contributed by atoms with Crippen LogP contribution in [-0.4, -0.2) is 26.3 Å². The lowest BCUT2D eigenvalue weighted by Gasteiger charge is -2.05. The molecule has 0 unspecified atom stereocenters. The Bertz CT molecular complexity index is 689. The third-order valence-electron chi connectivity index (χ3n) is 3.05. The van der Waals surface area contributed by atoms with Crippen LogP contribution in [0.1, 0.15) is 18.4 Å². The summed E-state index contributed by atoms with van der Waals surface area (Å²) in [6.07, 6.45) is 4.87. The van der Waals surface area contributed by atoms with Crippen LogP contribution in [0.3, 0.4) is 0 Å². The van der Waals surface area contributed by atoms with Gasteiger partial charge < -0.3 is 9.88 Å². The van der Waals surface area contributed by atoms with Gasteiger partial charge in [-0.05, 0) is 6.42 Å². The average Bonchev–Trinajstić information content (AvgIpc) is 3.16. The molecule has 6 heteroatoms. The second-order valence-corrected chi connectivity index (χ2v) is 5.73. The maximum absolute atomic E-state index is 4.44. The zero-order valence-corrected chi connectivity index (χ0v) is 12.7. The summed E-state index contributed by atoms with van der Waals surface area (Å²) in [6, 6.07) is 10.2. The van der Waals surface area contributed by atoms with E-state index in [4.69, 9.17) is 0 Å². The Labute approximate surface area is 127 Å². The molecule has 0 spiro atoms. The summed E-state index contributed by atoms with van der Waals surface area (Å²) < 4.78 is 2.10. The van der Waals surface area contributed by atoms with E-state index in [1.165, 1.54) is 0 Å². The summed E-state index contributed by atoms with van der Waals surface area (Å²) in [5.74, 6) is 0.953. The Hall–Kier alpha value is -2.21. The van der Waals surface area contributed by atoms with Crippen molar-refractivity contribution < 1.29 is 0 Å². The Morgan fingerprint density at radius 2 is 2.05 bits per heavy atom. The largest absolute Gasteiger partial charge is 0.360 e. The van der Waals surface area contributed by atoms with E-state index < -0.39 is 0 Å². The van der Waals surface area contributed by atoms with Crippen molar-refractivity contribution in [3.8, 4) is 11.4 Å². The van der Waals surface area contributed by atoms with Gasteiger partial charge in [-0.3, -0.25) is 0 Å². The normalized spacial score (nSPS) is 10.7. The van der Waals surface area contributed by atoms with E-state index in [1.807, 2.05) is 30.6 Å². The van der Waals surface area contributed by atoms with E-state index in [2.05, 4.69) is 44.1 Å². The van der Waals surface area contributed by atoms with Crippen molar-refractivity contribution in [3.63, 3.8) is 0 Å². The number of hydrogen-bond donors (Lipinski definition) is 1. The number of nitrogens with zero attached hydrogens (tertiary/aromatic N) is 4. The minimum absolute atomic E-state index is 0.690. The van der Waals surface area contributed by atoms with Gasteiger partial charge in [-0.15, -0.1) is 10.2 Å². The van der Waals surface area contributed by atoms with Gasteiger partial charge in [-0.1, -0.05) is 48.6 Å². The molecule has 0 saturated heterocycles. The molecule has 1 aromatic carbocycles. The quantitative estimate of drug-likeness (QED) is 0.759. The minimum Gasteiger partial charge on any atom is -0.360 e. The van der Waals surface area contributed by atoms with Gasteiger partial charge >= 0.3 is 0 Å². The Balaban J connectivity index is 1.77. The van der Waals surface area contributed by atoms with Crippen LogP contribution in [0.15, 0.2) is 42.7 Å². The molecule has 3 aromatic rings. The van der Waals surface area contributed by atoms with Gasteiger partial charge in [0.25, 0.3) is 0 Å². The predicted molar refractivity (Wildman–Crippen MR) is 85.5 cm³/mol. The Morgan fingerprint density at radius 1 is 1.19 bits per heavy atom. The molecule has 1 N–H and O–H groups in total. The molecule has 0 fully saturated rings. The third-order valence-corrected chi connectivity index (χ3v) is 3.91. The van der Waals surface area contributed by atoms with Gasteiger partial charge in [0.2, 0.25) is 5.13 Å². The molecule has 0 radical (unpaired) electrons. The second-order valence-electron chi connectivity index (χ2n) is 4.67. The molecule has 2 heterocycles. The summed E-state index contributed by atoms with van der Waals surface area (Å²) in [6.45, 7) is 3.75. The summed E-state index contributed by atoms with van der Waals surface area (Å²) >= 11 is 1.59. The van der Waals surface area contributed by atoms with Crippen LogP contribution in [0.5, 0.6) is 0 Å². The van der Waals surface area contributed by atoms with Crippen LogP contribution in [0, 0.1) is 0 Å². The molecule has 0 saturated carbocycles. The lowest BCUT2D eigenvalue weighted by atomic mass is 10.2. The fourth-order valence-corrected chi connectivity index (χ4v) is 2.82. The molecule has 5 nitrogen and oxygen atoms in total. The van der Waals surface area contributed by atoms with Gasteiger partial charge in [0.1, 0.15) is 10.8 Å². The highest BCUT2D eigenvalue weighted by atomic mass is 32.1. The highest BCUT2D eigenvalue weighted by Gasteiger charge is 2.09. The number of imidazole rings is 1.